The molecule has 0 bridgehead atoms. The van der Waals surface area contributed by atoms with Crippen molar-refractivity contribution in [3.8, 4) is 0 Å². The van der Waals surface area contributed by atoms with Gasteiger partial charge in [0.25, 0.3) is 5.85 Å². The molecule has 5 atom stereocenters. The van der Waals surface area contributed by atoms with Crippen LogP contribution < -0.4 is 0 Å². The van der Waals surface area contributed by atoms with E-state index in [2.05, 4.69) is 26.5 Å². The first-order valence-electron chi connectivity index (χ1n) is 13.9. The highest BCUT2D eigenvalue weighted by atomic mass is 19.2. The fourth-order valence-corrected chi connectivity index (χ4v) is 7.43. The molecule has 0 radical (unpaired) electrons. The van der Waals surface area contributed by atoms with Gasteiger partial charge < -0.3 is 9.47 Å². The minimum atomic E-state index is -1.92. The Morgan fingerprint density at radius 3 is 2.56 bits per heavy atom. The highest BCUT2D eigenvalue weighted by molar-refractivity contribution is 5.66. The fraction of sp³-hybridized carbons (Fsp3) is 0.742. The van der Waals surface area contributed by atoms with Gasteiger partial charge in [-0.3, -0.25) is 9.59 Å². The predicted molar refractivity (Wildman–Crippen MR) is 142 cm³/mol. The van der Waals surface area contributed by atoms with Gasteiger partial charge in [0.2, 0.25) is 0 Å². The van der Waals surface area contributed by atoms with E-state index >= 15 is 4.39 Å². The second-order valence-corrected chi connectivity index (χ2v) is 12.5. The number of hydrogen-bond acceptors (Lipinski definition) is 4. The molecule has 0 aromatic rings. The van der Waals surface area contributed by atoms with Crippen molar-refractivity contribution in [2.75, 3.05) is 0 Å². The Labute approximate surface area is 217 Å². The van der Waals surface area contributed by atoms with Crippen LogP contribution in [0, 0.1) is 23.2 Å². The number of esters is 2. The molecule has 0 saturated heterocycles. The van der Waals surface area contributed by atoms with Crippen LogP contribution >= 0.6 is 0 Å². The Kier molecular flexibility index (Phi) is 8.94. The number of ether oxygens (including phenoxy) is 2. The molecular formula is C31H47FO4. The van der Waals surface area contributed by atoms with E-state index in [4.69, 9.17) is 9.47 Å². The molecular weight excluding hydrogens is 455 g/mol. The van der Waals surface area contributed by atoms with E-state index in [0.717, 1.165) is 36.8 Å². The van der Waals surface area contributed by atoms with Crippen LogP contribution in [-0.4, -0.2) is 23.4 Å². The normalized spacial score (nSPS) is 33.9. The topological polar surface area (TPSA) is 52.6 Å². The highest BCUT2D eigenvalue weighted by Gasteiger charge is 2.50. The Morgan fingerprint density at radius 2 is 1.89 bits per heavy atom. The Balaban J connectivity index is 1.67. The van der Waals surface area contributed by atoms with Crippen LogP contribution in [-0.2, 0) is 19.1 Å². The molecule has 5 heteroatoms. The quantitative estimate of drug-likeness (QED) is 0.314. The lowest BCUT2D eigenvalue weighted by atomic mass is 9.60. The summed E-state index contributed by atoms with van der Waals surface area (Å²) in [4.78, 5) is 22.7. The number of hydrogen-bond donors (Lipinski definition) is 0. The maximum atomic E-state index is 15.1. The van der Waals surface area contributed by atoms with Gasteiger partial charge in [0, 0.05) is 26.7 Å². The first-order chi connectivity index (χ1) is 16.7. The highest BCUT2D eigenvalue weighted by Crippen LogP contribution is 2.60. The number of allylic oxidation sites excluding steroid dienone is 4. The van der Waals surface area contributed by atoms with Crippen molar-refractivity contribution in [3.05, 3.63) is 35.5 Å². The van der Waals surface area contributed by atoms with E-state index < -0.39 is 17.4 Å². The second kappa shape index (κ2) is 11.2. The molecule has 36 heavy (non-hydrogen) atoms. The third kappa shape index (κ3) is 6.89. The summed E-state index contributed by atoms with van der Waals surface area (Å²) in [6, 6.07) is 0. The number of carbonyl (C=O) groups is 2. The van der Waals surface area contributed by atoms with Gasteiger partial charge in [0.05, 0.1) is 0 Å². The average Bonchev–Trinajstić information content (AvgIpc) is 3.10. The third-order valence-corrected chi connectivity index (χ3v) is 9.12. The molecule has 202 valence electrons. The molecule has 0 spiro atoms. The molecule has 0 N–H and O–H groups in total. The van der Waals surface area contributed by atoms with Crippen molar-refractivity contribution in [2.45, 2.75) is 124 Å². The fourth-order valence-electron chi connectivity index (χ4n) is 7.43. The van der Waals surface area contributed by atoms with Gasteiger partial charge in [0.15, 0.2) is 0 Å². The lowest BCUT2D eigenvalue weighted by molar-refractivity contribution is -0.182. The number of carbonyl (C=O) groups excluding carboxylic acids is 2. The molecule has 3 aliphatic carbocycles. The molecule has 4 nitrogen and oxygen atoms in total. The second-order valence-electron chi connectivity index (χ2n) is 12.5. The van der Waals surface area contributed by atoms with Crippen molar-refractivity contribution in [2.24, 2.45) is 23.2 Å². The zero-order valence-electron chi connectivity index (χ0n) is 23.4. The molecule has 3 aliphatic rings. The Hall–Kier alpha value is -1.91. The molecule has 1 unspecified atom stereocenters. The summed E-state index contributed by atoms with van der Waals surface area (Å²) < 4.78 is 25.6. The summed E-state index contributed by atoms with van der Waals surface area (Å²) in [5.74, 6) is -0.838. The lowest BCUT2D eigenvalue weighted by Gasteiger charge is -2.44. The first kappa shape index (κ1) is 28.7. The zero-order chi connectivity index (χ0) is 26.7. The molecule has 3 rings (SSSR count). The van der Waals surface area contributed by atoms with Crippen LogP contribution in [0.1, 0.15) is 112 Å². The van der Waals surface area contributed by atoms with Crippen molar-refractivity contribution < 1.29 is 23.5 Å². The van der Waals surface area contributed by atoms with Gasteiger partial charge in [-0.25, -0.2) is 0 Å². The predicted octanol–water partition coefficient (Wildman–Crippen LogP) is 8.17. The van der Waals surface area contributed by atoms with Gasteiger partial charge in [-0.1, -0.05) is 50.1 Å². The van der Waals surface area contributed by atoms with E-state index in [9.17, 15) is 9.59 Å². The van der Waals surface area contributed by atoms with Gasteiger partial charge in [-0.2, -0.15) is 4.39 Å². The summed E-state index contributed by atoms with van der Waals surface area (Å²) in [5.41, 5.74) is 3.18. The summed E-state index contributed by atoms with van der Waals surface area (Å²) >= 11 is 0. The number of halogens is 1. The smallest absolute Gasteiger partial charge is 0.305 e. The molecule has 0 amide bonds. The summed E-state index contributed by atoms with van der Waals surface area (Å²) in [7, 11) is 0. The van der Waals surface area contributed by atoms with E-state index in [1.54, 1.807) is 0 Å². The van der Waals surface area contributed by atoms with Crippen molar-refractivity contribution in [3.63, 3.8) is 0 Å². The summed E-state index contributed by atoms with van der Waals surface area (Å²) in [6.45, 7) is 15.8. The number of fused-ring (bicyclic) bond motifs is 1. The number of rotatable bonds is 8. The zero-order valence-corrected chi connectivity index (χ0v) is 23.4. The molecule has 0 aliphatic heterocycles. The standard InChI is InChI=1S/C31H47FO4/c1-21-16-19-31(32,36-24(4)34)20-26(21)13-12-25-11-9-18-30(7)27(14-15-28(25)30)22(2)10-8-17-29(5,6)35-23(3)33/h12-13,22,27-28H,1,8-11,14-20H2,2-7H3/b25-12?,26-13-/t22-,27-,28?,30-,31+/m1/s1. The van der Waals surface area contributed by atoms with E-state index in [0.29, 0.717) is 29.6 Å². The van der Waals surface area contributed by atoms with E-state index in [1.807, 2.05) is 19.9 Å². The maximum Gasteiger partial charge on any atom is 0.305 e. The van der Waals surface area contributed by atoms with Gasteiger partial charge in [0.1, 0.15) is 5.60 Å². The van der Waals surface area contributed by atoms with Gasteiger partial charge in [-0.15, -0.1) is 0 Å². The molecule has 3 fully saturated rings. The number of alkyl halides is 1. The molecule has 0 aromatic heterocycles. The van der Waals surface area contributed by atoms with Crippen molar-refractivity contribution in [1.29, 1.82) is 0 Å². The van der Waals surface area contributed by atoms with Gasteiger partial charge in [-0.05, 0) is 94.0 Å². The van der Waals surface area contributed by atoms with Crippen LogP contribution in [0.4, 0.5) is 4.39 Å². The lowest BCUT2D eigenvalue weighted by Crippen LogP contribution is -2.36. The van der Waals surface area contributed by atoms with Crippen LogP contribution in [0.5, 0.6) is 0 Å². The Bertz CT molecular complexity index is 916. The van der Waals surface area contributed by atoms with Gasteiger partial charge >= 0.3 is 11.9 Å². The molecule has 0 aromatic carbocycles. The third-order valence-electron chi connectivity index (χ3n) is 9.12. The van der Waals surface area contributed by atoms with E-state index in [-0.39, 0.29) is 18.8 Å². The first-order valence-corrected chi connectivity index (χ1v) is 13.9. The Morgan fingerprint density at radius 1 is 1.17 bits per heavy atom. The van der Waals surface area contributed by atoms with Crippen LogP contribution in [0.2, 0.25) is 0 Å². The van der Waals surface area contributed by atoms with Crippen LogP contribution in [0.25, 0.3) is 0 Å². The minimum Gasteiger partial charge on any atom is -0.460 e. The van der Waals surface area contributed by atoms with Crippen molar-refractivity contribution in [1.82, 2.24) is 0 Å². The summed E-state index contributed by atoms with van der Waals surface area (Å²) in [6.07, 6.45) is 14.1. The average molecular weight is 503 g/mol. The monoisotopic (exact) mass is 502 g/mol. The van der Waals surface area contributed by atoms with Crippen molar-refractivity contribution >= 4 is 11.9 Å². The van der Waals surface area contributed by atoms with E-state index in [1.165, 1.54) is 45.1 Å². The van der Waals surface area contributed by atoms with Crippen LogP contribution in [0.15, 0.2) is 35.5 Å². The maximum absolute atomic E-state index is 15.1. The molecule has 0 heterocycles. The van der Waals surface area contributed by atoms with Crippen LogP contribution in [0.3, 0.4) is 0 Å². The minimum absolute atomic E-state index is 0.0838. The summed E-state index contributed by atoms with van der Waals surface area (Å²) in [5, 5.41) is 0. The largest absolute Gasteiger partial charge is 0.460 e. The SMILES string of the molecule is C=C1CC[C@](F)(OC(C)=O)C/C1=C/C=C1CCC[C@@]2(C)C1CC[C@@H]2[C@H](C)CCCC(C)(C)OC(C)=O. The molecule has 3 saturated carbocycles.